The van der Waals surface area contributed by atoms with Crippen molar-refractivity contribution < 1.29 is 25.2 Å². The molecule has 0 fully saturated rings. The zero-order valence-corrected chi connectivity index (χ0v) is 25.9. The molecule has 6 nitrogen and oxygen atoms in total. The molecular weight excluding hydrogens is 514 g/mol. The third kappa shape index (κ3) is 13.2. The number of rotatable bonds is 18. The van der Waals surface area contributed by atoms with E-state index in [-0.39, 0.29) is 19.1 Å². The monoisotopic (exact) mass is 571 g/mol. The second-order valence-corrected chi connectivity index (χ2v) is 11.9. The lowest BCUT2D eigenvalue weighted by Gasteiger charge is -2.27. The molecule has 0 spiro atoms. The fourth-order valence-electron chi connectivity index (χ4n) is 6.26. The zero-order valence-electron chi connectivity index (χ0n) is 25.9. The molecule has 2 rings (SSSR count). The highest BCUT2D eigenvalue weighted by Gasteiger charge is 2.22. The highest BCUT2D eigenvalue weighted by atomic mass is 16.4. The largest absolute Gasteiger partial charge is 0.481 e. The molecule has 6 heteroatoms. The van der Waals surface area contributed by atoms with E-state index in [1.165, 1.54) is 27.8 Å². The molecule has 232 valence electrons. The Balaban J connectivity index is 2.42. The number of aryl methyl sites for hydroxylation is 2. The SMILES string of the molecule is CCCCC[C@H](O)/C=C/C1=C(\C[C@H](O)CO)C[C@H](CC[C@H](CCC(=O)O)NCC)CCc2c(CC)cccc2CC1. The van der Waals surface area contributed by atoms with Crippen molar-refractivity contribution >= 4 is 5.97 Å². The van der Waals surface area contributed by atoms with E-state index in [1.54, 1.807) is 0 Å². The van der Waals surface area contributed by atoms with E-state index in [0.29, 0.717) is 18.8 Å². The predicted molar refractivity (Wildman–Crippen MR) is 168 cm³/mol. The van der Waals surface area contributed by atoms with Crippen LogP contribution in [0.1, 0.15) is 115 Å². The molecule has 41 heavy (non-hydrogen) atoms. The molecule has 0 saturated carbocycles. The third-order valence-corrected chi connectivity index (χ3v) is 8.65. The summed E-state index contributed by atoms with van der Waals surface area (Å²) in [5.74, 6) is -0.387. The lowest BCUT2D eigenvalue weighted by atomic mass is 9.80. The highest BCUT2D eigenvalue weighted by Crippen LogP contribution is 2.33. The summed E-state index contributed by atoms with van der Waals surface area (Å²) in [5, 5.41) is 43.6. The molecular formula is C35H57NO5. The Morgan fingerprint density at radius 3 is 2.56 bits per heavy atom. The maximum atomic E-state index is 11.2. The van der Waals surface area contributed by atoms with Gasteiger partial charge < -0.3 is 25.7 Å². The van der Waals surface area contributed by atoms with Gasteiger partial charge in [-0.25, -0.2) is 0 Å². The summed E-state index contributed by atoms with van der Waals surface area (Å²) in [6, 6.07) is 6.83. The van der Waals surface area contributed by atoms with Crippen molar-refractivity contribution in [3.63, 3.8) is 0 Å². The highest BCUT2D eigenvalue weighted by molar-refractivity contribution is 5.66. The minimum Gasteiger partial charge on any atom is -0.481 e. The van der Waals surface area contributed by atoms with Gasteiger partial charge >= 0.3 is 5.97 Å². The Hall–Kier alpha value is -1.99. The van der Waals surface area contributed by atoms with Crippen molar-refractivity contribution in [3.05, 3.63) is 58.2 Å². The maximum absolute atomic E-state index is 11.2. The van der Waals surface area contributed by atoms with Crippen LogP contribution < -0.4 is 5.32 Å². The molecule has 1 aromatic carbocycles. The van der Waals surface area contributed by atoms with Crippen LogP contribution in [0.3, 0.4) is 0 Å². The van der Waals surface area contributed by atoms with Crippen LogP contribution in [0.15, 0.2) is 41.5 Å². The van der Waals surface area contributed by atoms with Gasteiger partial charge in [0, 0.05) is 12.5 Å². The van der Waals surface area contributed by atoms with Crippen LogP contribution in [0.4, 0.5) is 0 Å². The molecule has 0 heterocycles. The van der Waals surface area contributed by atoms with Crippen LogP contribution in [-0.2, 0) is 24.1 Å². The summed E-state index contributed by atoms with van der Waals surface area (Å²) in [6.45, 7) is 6.98. The van der Waals surface area contributed by atoms with E-state index in [9.17, 15) is 25.2 Å². The van der Waals surface area contributed by atoms with E-state index in [0.717, 1.165) is 83.6 Å². The van der Waals surface area contributed by atoms with Crippen molar-refractivity contribution in [3.8, 4) is 0 Å². The number of hydrogen-bond donors (Lipinski definition) is 5. The van der Waals surface area contributed by atoms with Crippen molar-refractivity contribution in [2.75, 3.05) is 13.2 Å². The molecule has 1 aliphatic carbocycles. The lowest BCUT2D eigenvalue weighted by molar-refractivity contribution is -0.137. The average Bonchev–Trinajstić information content (AvgIpc) is 2.96. The predicted octanol–water partition coefficient (Wildman–Crippen LogP) is 6.29. The Labute approximate surface area is 249 Å². The summed E-state index contributed by atoms with van der Waals surface area (Å²) < 4.78 is 0. The second-order valence-electron chi connectivity index (χ2n) is 11.9. The fraction of sp³-hybridized carbons (Fsp3) is 0.686. The first-order valence-electron chi connectivity index (χ1n) is 16.2. The first kappa shape index (κ1) is 35.2. The minimum atomic E-state index is -0.810. The van der Waals surface area contributed by atoms with Gasteiger partial charge in [0.1, 0.15) is 0 Å². The Morgan fingerprint density at radius 1 is 1.07 bits per heavy atom. The fourth-order valence-corrected chi connectivity index (χ4v) is 6.26. The van der Waals surface area contributed by atoms with Gasteiger partial charge in [0.15, 0.2) is 0 Å². The summed E-state index contributed by atoms with van der Waals surface area (Å²) in [4.78, 5) is 11.2. The van der Waals surface area contributed by atoms with Gasteiger partial charge in [-0.3, -0.25) is 4.79 Å². The average molecular weight is 572 g/mol. The molecule has 4 atom stereocenters. The second kappa shape index (κ2) is 20.0. The zero-order chi connectivity index (χ0) is 30.0. The quantitative estimate of drug-likeness (QED) is 0.132. The van der Waals surface area contributed by atoms with Crippen LogP contribution >= 0.6 is 0 Å². The Bertz CT molecular complexity index is 956. The number of aliphatic hydroxyl groups is 3. The van der Waals surface area contributed by atoms with Crippen LogP contribution in [0, 0.1) is 5.92 Å². The molecule has 0 radical (unpaired) electrons. The molecule has 0 aromatic heterocycles. The number of nitrogens with one attached hydrogen (secondary N) is 1. The summed E-state index contributed by atoms with van der Waals surface area (Å²) in [7, 11) is 0. The van der Waals surface area contributed by atoms with Crippen LogP contribution in [0.2, 0.25) is 0 Å². The molecule has 0 unspecified atom stereocenters. The van der Waals surface area contributed by atoms with E-state index >= 15 is 0 Å². The Morgan fingerprint density at radius 2 is 1.88 bits per heavy atom. The van der Waals surface area contributed by atoms with E-state index in [4.69, 9.17) is 0 Å². The molecule has 1 aliphatic rings. The Kier molecular flexibility index (Phi) is 17.2. The summed E-state index contributed by atoms with van der Waals surface area (Å²) in [5.41, 5.74) is 6.61. The van der Waals surface area contributed by atoms with Crippen molar-refractivity contribution in [1.82, 2.24) is 5.32 Å². The van der Waals surface area contributed by atoms with E-state index < -0.39 is 18.2 Å². The number of aliphatic hydroxyl groups excluding tert-OH is 3. The van der Waals surface area contributed by atoms with Gasteiger partial charge in [-0.2, -0.15) is 0 Å². The first-order chi connectivity index (χ1) is 19.8. The van der Waals surface area contributed by atoms with Crippen molar-refractivity contribution in [2.24, 2.45) is 5.92 Å². The van der Waals surface area contributed by atoms with Gasteiger partial charge in [0.2, 0.25) is 0 Å². The molecule has 5 N–H and O–H groups in total. The minimum absolute atomic E-state index is 0.165. The van der Waals surface area contributed by atoms with Gasteiger partial charge in [-0.05, 0) is 105 Å². The number of allylic oxidation sites excluding steroid dienone is 2. The number of hydrogen-bond acceptors (Lipinski definition) is 5. The number of fused-ring (bicyclic) bond motifs is 1. The molecule has 0 aliphatic heterocycles. The van der Waals surface area contributed by atoms with Crippen LogP contribution in [0.25, 0.3) is 0 Å². The summed E-state index contributed by atoms with van der Waals surface area (Å²) >= 11 is 0. The topological polar surface area (TPSA) is 110 Å². The molecule has 1 aromatic rings. The number of carboxylic acid groups (broad SMARTS) is 1. The normalized spacial score (nSPS) is 20.5. The lowest BCUT2D eigenvalue weighted by Crippen LogP contribution is -2.30. The molecule has 0 amide bonds. The summed E-state index contributed by atoms with van der Waals surface area (Å²) in [6.07, 6.45) is 15.4. The van der Waals surface area contributed by atoms with Crippen molar-refractivity contribution in [2.45, 2.75) is 135 Å². The molecule has 0 bridgehead atoms. The van der Waals surface area contributed by atoms with Crippen molar-refractivity contribution in [1.29, 1.82) is 0 Å². The third-order valence-electron chi connectivity index (χ3n) is 8.65. The number of unbranched alkanes of at least 4 members (excludes halogenated alkanes) is 2. The van der Waals surface area contributed by atoms with Crippen LogP contribution in [-0.4, -0.2) is 57.8 Å². The van der Waals surface area contributed by atoms with E-state index in [1.807, 2.05) is 6.08 Å². The van der Waals surface area contributed by atoms with Gasteiger partial charge in [0.05, 0.1) is 18.8 Å². The number of benzene rings is 1. The molecule has 0 saturated heterocycles. The first-order valence-corrected chi connectivity index (χ1v) is 16.2. The van der Waals surface area contributed by atoms with Crippen LogP contribution in [0.5, 0.6) is 0 Å². The smallest absolute Gasteiger partial charge is 0.303 e. The maximum Gasteiger partial charge on any atom is 0.303 e. The van der Waals surface area contributed by atoms with Gasteiger partial charge in [-0.1, -0.05) is 76.0 Å². The van der Waals surface area contributed by atoms with E-state index in [2.05, 4.69) is 50.4 Å². The van der Waals surface area contributed by atoms with Gasteiger partial charge in [-0.15, -0.1) is 0 Å². The van der Waals surface area contributed by atoms with Gasteiger partial charge in [0.25, 0.3) is 0 Å². The standard InChI is InChI=1S/C35H57NO5/c1-4-7-8-12-32(38)20-17-28-15-16-29-11-9-10-27(5-2)34(29)21-14-26(23-30(28)24-33(39)25-37)13-18-31(36-6-3)19-22-35(40)41/h9-11,17,20,26,31-33,36-39H,4-8,12-16,18-19,21-25H2,1-3H3,(H,40,41)/b20-17+,30-28-/t26-,31-,32+,33+/m1/s1. The number of carboxylic acids is 1. The number of aliphatic carboxylic acids is 1. The number of carbonyl (C=O) groups is 1.